The molecule has 234 valence electrons. The Morgan fingerprint density at radius 2 is 1.79 bits per heavy atom. The van der Waals surface area contributed by atoms with Crippen LogP contribution in [-0.2, 0) is 9.53 Å². The van der Waals surface area contributed by atoms with Gasteiger partial charge in [-0.2, -0.15) is 13.2 Å². The largest absolute Gasteiger partial charge is 0.406 e. The molecule has 1 amide bonds. The molecule has 0 radical (unpaired) electrons. The van der Waals surface area contributed by atoms with Crippen LogP contribution in [0.4, 0.5) is 26.3 Å². The Morgan fingerprint density at radius 1 is 1.17 bits per heavy atom. The molecule has 0 unspecified atom stereocenters. The standard InChI is InChI=1S/C25H30F6N4O6S/c1-34(11-25(29,30)31)22(39)21(24(40)5-3-2-4-6-24)42-23-20(38)18(19(37)16(10-36)41-23)35-9-15(32-33-35)12-7-13(26)17(28)14(27)8-12/h7-9,16,18-21,23,36-38,40H,2-6,10-11H2,1H3/t16-,18+,19+,20-,21+,23+/m1/s1. The molecule has 4 rings (SSSR count). The van der Waals surface area contributed by atoms with Gasteiger partial charge < -0.3 is 30.1 Å². The summed E-state index contributed by atoms with van der Waals surface area (Å²) in [6.07, 6.45) is -6.42. The number of rotatable bonds is 8. The highest BCUT2D eigenvalue weighted by Crippen LogP contribution is 2.44. The van der Waals surface area contributed by atoms with Crippen molar-refractivity contribution < 1.29 is 56.3 Å². The van der Waals surface area contributed by atoms with Crippen molar-refractivity contribution in [3.05, 3.63) is 35.8 Å². The van der Waals surface area contributed by atoms with Gasteiger partial charge >= 0.3 is 6.18 Å². The number of aliphatic hydroxyl groups is 4. The third-order valence-electron chi connectivity index (χ3n) is 7.44. The third kappa shape index (κ3) is 6.86. The molecular weight excluding hydrogens is 598 g/mol. The normalized spacial score (nSPS) is 27.1. The van der Waals surface area contributed by atoms with Gasteiger partial charge in [0.05, 0.1) is 18.4 Å². The van der Waals surface area contributed by atoms with E-state index in [9.17, 15) is 51.6 Å². The Labute approximate surface area is 240 Å². The first kappa shape index (κ1) is 32.5. The van der Waals surface area contributed by atoms with Crippen molar-refractivity contribution in [1.82, 2.24) is 19.9 Å². The van der Waals surface area contributed by atoms with Crippen molar-refractivity contribution in [3.63, 3.8) is 0 Å². The van der Waals surface area contributed by atoms with Gasteiger partial charge in [-0.1, -0.05) is 24.5 Å². The number of alkyl halides is 3. The number of carbonyl (C=O) groups is 1. The van der Waals surface area contributed by atoms with Crippen LogP contribution in [-0.4, -0.2) is 107 Å². The molecular formula is C25H30F6N4O6S. The van der Waals surface area contributed by atoms with Crippen molar-refractivity contribution in [2.75, 3.05) is 20.2 Å². The second-order valence-corrected chi connectivity index (χ2v) is 11.7. The van der Waals surface area contributed by atoms with Crippen molar-refractivity contribution in [2.45, 2.75) is 78.9 Å². The molecule has 1 aliphatic carbocycles. The number of carbonyl (C=O) groups excluding carboxylic acids is 1. The van der Waals surface area contributed by atoms with Crippen LogP contribution in [0.15, 0.2) is 18.3 Å². The van der Waals surface area contributed by atoms with Crippen LogP contribution >= 0.6 is 11.8 Å². The number of hydrogen-bond acceptors (Lipinski definition) is 9. The highest BCUT2D eigenvalue weighted by Gasteiger charge is 2.52. The molecule has 2 aromatic rings. The van der Waals surface area contributed by atoms with Crippen LogP contribution < -0.4 is 0 Å². The Bertz CT molecular complexity index is 1240. The van der Waals surface area contributed by atoms with Gasteiger partial charge in [0, 0.05) is 12.6 Å². The van der Waals surface area contributed by atoms with Crippen molar-refractivity contribution in [1.29, 1.82) is 0 Å². The predicted octanol–water partition coefficient (Wildman–Crippen LogP) is 2.16. The molecule has 1 aliphatic heterocycles. The van der Waals surface area contributed by atoms with Gasteiger partial charge in [0.1, 0.15) is 47.3 Å². The van der Waals surface area contributed by atoms with Crippen molar-refractivity contribution >= 4 is 17.7 Å². The molecule has 0 spiro atoms. The molecule has 4 N–H and O–H groups in total. The number of halogens is 6. The smallest absolute Gasteiger partial charge is 0.394 e. The zero-order chi connectivity index (χ0) is 31.0. The predicted molar refractivity (Wildman–Crippen MR) is 135 cm³/mol. The Hall–Kier alpha value is -2.44. The van der Waals surface area contributed by atoms with Crippen LogP contribution in [0.2, 0.25) is 0 Å². The van der Waals surface area contributed by atoms with E-state index in [-0.39, 0.29) is 24.1 Å². The van der Waals surface area contributed by atoms with E-state index in [0.717, 1.165) is 24.3 Å². The average molecular weight is 629 g/mol. The summed E-state index contributed by atoms with van der Waals surface area (Å²) in [6, 6.07) is -0.108. The summed E-state index contributed by atoms with van der Waals surface area (Å²) in [6.45, 7) is -2.37. The summed E-state index contributed by atoms with van der Waals surface area (Å²) in [5, 5.41) is 49.5. The summed E-state index contributed by atoms with van der Waals surface area (Å²) in [5.41, 5.74) is -3.58. The number of aliphatic hydroxyl groups excluding tert-OH is 3. The van der Waals surface area contributed by atoms with E-state index >= 15 is 0 Å². The number of aromatic nitrogens is 3. The summed E-state index contributed by atoms with van der Waals surface area (Å²) in [7, 11) is 0.939. The fraction of sp³-hybridized carbons (Fsp3) is 0.640. The van der Waals surface area contributed by atoms with Crippen LogP contribution in [0.25, 0.3) is 11.3 Å². The van der Waals surface area contributed by atoms with Gasteiger partial charge in [0.15, 0.2) is 17.5 Å². The number of nitrogens with zero attached hydrogens (tertiary/aromatic N) is 4. The van der Waals surface area contributed by atoms with Crippen LogP contribution in [0.3, 0.4) is 0 Å². The van der Waals surface area contributed by atoms with E-state index in [1.54, 1.807) is 0 Å². The maximum absolute atomic E-state index is 13.8. The van der Waals surface area contributed by atoms with Gasteiger partial charge in [-0.15, -0.1) is 16.9 Å². The van der Waals surface area contributed by atoms with Crippen LogP contribution in [0, 0.1) is 17.5 Å². The van der Waals surface area contributed by atoms with Gasteiger partial charge in [-0.05, 0) is 25.0 Å². The van der Waals surface area contributed by atoms with E-state index in [4.69, 9.17) is 4.74 Å². The van der Waals surface area contributed by atoms with Gasteiger partial charge in [-0.25, -0.2) is 17.9 Å². The third-order valence-corrected chi connectivity index (χ3v) is 9.01. The molecule has 10 nitrogen and oxygen atoms in total. The molecule has 1 saturated heterocycles. The Kier molecular flexibility index (Phi) is 9.79. The quantitative estimate of drug-likeness (QED) is 0.256. The lowest BCUT2D eigenvalue weighted by atomic mass is 9.82. The highest BCUT2D eigenvalue weighted by molar-refractivity contribution is 8.01. The molecule has 42 heavy (non-hydrogen) atoms. The molecule has 2 fully saturated rings. The summed E-state index contributed by atoms with van der Waals surface area (Å²) in [5.74, 6) is -5.73. The van der Waals surface area contributed by atoms with Gasteiger partial charge in [-0.3, -0.25) is 4.79 Å². The minimum absolute atomic E-state index is 0.103. The Morgan fingerprint density at radius 3 is 2.36 bits per heavy atom. The maximum Gasteiger partial charge on any atom is 0.406 e. The lowest BCUT2D eigenvalue weighted by Crippen LogP contribution is -2.58. The fourth-order valence-corrected chi connectivity index (χ4v) is 6.86. The van der Waals surface area contributed by atoms with E-state index < -0.39 is 83.3 Å². The number of benzene rings is 1. The molecule has 0 bridgehead atoms. The molecule has 1 saturated carbocycles. The first-order valence-electron chi connectivity index (χ1n) is 13.0. The molecule has 6 atom stereocenters. The van der Waals surface area contributed by atoms with Crippen molar-refractivity contribution in [3.8, 4) is 11.3 Å². The number of thioether (sulfide) groups is 1. The average Bonchev–Trinajstić information content (AvgIpc) is 3.40. The first-order chi connectivity index (χ1) is 19.6. The fourth-order valence-electron chi connectivity index (χ4n) is 5.27. The van der Waals surface area contributed by atoms with E-state index in [1.807, 2.05) is 0 Å². The van der Waals surface area contributed by atoms with Crippen LogP contribution in [0.1, 0.15) is 38.1 Å². The summed E-state index contributed by atoms with van der Waals surface area (Å²) < 4.78 is 86.8. The lowest BCUT2D eigenvalue weighted by Gasteiger charge is -2.45. The summed E-state index contributed by atoms with van der Waals surface area (Å²) in [4.78, 5) is 13.7. The zero-order valence-corrected chi connectivity index (χ0v) is 23.0. The summed E-state index contributed by atoms with van der Waals surface area (Å²) >= 11 is 0.564. The molecule has 2 aliphatic rings. The molecule has 1 aromatic heterocycles. The SMILES string of the molecule is CN(CC(F)(F)F)C(=O)[C@H](S[C@@H]1O[C@H](CO)[C@H](O)[C@H](n2cc(-c3cc(F)c(F)c(F)c3)nn2)[C@H]1O)C1(O)CCCCC1. The van der Waals surface area contributed by atoms with Gasteiger partial charge in [0.25, 0.3) is 0 Å². The number of ether oxygens (including phenoxy) is 1. The van der Waals surface area contributed by atoms with Gasteiger partial charge in [0.2, 0.25) is 5.91 Å². The minimum atomic E-state index is -4.71. The Balaban J connectivity index is 1.65. The molecule has 17 heteroatoms. The number of amides is 1. The van der Waals surface area contributed by atoms with E-state index in [2.05, 4.69) is 10.3 Å². The lowest BCUT2D eigenvalue weighted by molar-refractivity contribution is -0.179. The molecule has 1 aromatic carbocycles. The minimum Gasteiger partial charge on any atom is -0.394 e. The highest BCUT2D eigenvalue weighted by atomic mass is 32.2. The topological polar surface area (TPSA) is 141 Å². The monoisotopic (exact) mass is 628 g/mol. The molecule has 2 heterocycles. The van der Waals surface area contributed by atoms with E-state index in [0.29, 0.717) is 41.6 Å². The first-order valence-corrected chi connectivity index (χ1v) is 14.0. The van der Waals surface area contributed by atoms with Crippen molar-refractivity contribution in [2.24, 2.45) is 0 Å². The second kappa shape index (κ2) is 12.7. The second-order valence-electron chi connectivity index (χ2n) is 10.5. The van der Waals surface area contributed by atoms with E-state index in [1.165, 1.54) is 0 Å². The number of hydrogen-bond donors (Lipinski definition) is 4. The van der Waals surface area contributed by atoms with Crippen LogP contribution in [0.5, 0.6) is 0 Å². The maximum atomic E-state index is 13.8. The zero-order valence-electron chi connectivity index (χ0n) is 22.2.